The summed E-state index contributed by atoms with van der Waals surface area (Å²) in [6.45, 7) is 4.98. The van der Waals surface area contributed by atoms with Crippen LogP contribution in [0.15, 0.2) is 24.3 Å². The van der Waals surface area contributed by atoms with Crippen molar-refractivity contribution in [2.24, 2.45) is 11.7 Å². The van der Waals surface area contributed by atoms with Gasteiger partial charge in [-0.05, 0) is 60.9 Å². The molecule has 1 fully saturated rings. The first kappa shape index (κ1) is 17.5. The fourth-order valence-electron chi connectivity index (χ4n) is 3.50. The topological polar surface area (TPSA) is 89.9 Å². The van der Waals surface area contributed by atoms with E-state index in [1.165, 1.54) is 16.8 Å². The van der Waals surface area contributed by atoms with Crippen molar-refractivity contribution in [3.05, 3.63) is 41.5 Å². The van der Waals surface area contributed by atoms with E-state index in [0.29, 0.717) is 31.3 Å². The van der Waals surface area contributed by atoms with Gasteiger partial charge in [0.25, 0.3) is 0 Å². The van der Waals surface area contributed by atoms with Crippen molar-refractivity contribution in [2.75, 3.05) is 13.1 Å². The molecule has 25 heavy (non-hydrogen) atoms. The molecule has 3 atom stereocenters. The van der Waals surface area contributed by atoms with Gasteiger partial charge in [-0.3, -0.25) is 4.79 Å². The summed E-state index contributed by atoms with van der Waals surface area (Å²) in [7, 11) is 0. The molecule has 2 heterocycles. The highest BCUT2D eigenvalue weighted by Gasteiger charge is 2.36. The van der Waals surface area contributed by atoms with Crippen LogP contribution in [0.25, 0.3) is 0 Å². The molecule has 8 heteroatoms. The van der Waals surface area contributed by atoms with Crippen molar-refractivity contribution in [1.29, 1.82) is 0 Å². The summed E-state index contributed by atoms with van der Waals surface area (Å²) in [5.74, 6) is 0.485. The third kappa shape index (κ3) is 3.68. The lowest BCUT2D eigenvalue weighted by Gasteiger charge is -2.27. The van der Waals surface area contributed by atoms with E-state index in [4.69, 9.17) is 5.73 Å². The first-order valence-corrected chi connectivity index (χ1v) is 8.49. The number of aromatic nitrogens is 4. The highest BCUT2D eigenvalue weighted by atomic mass is 19.1. The Morgan fingerprint density at radius 1 is 1.48 bits per heavy atom. The smallest absolute Gasteiger partial charge is 0.248 e. The Bertz CT molecular complexity index is 748. The van der Waals surface area contributed by atoms with Gasteiger partial charge in [0.05, 0.1) is 0 Å². The van der Waals surface area contributed by atoms with E-state index in [-0.39, 0.29) is 17.8 Å². The summed E-state index contributed by atoms with van der Waals surface area (Å²) in [6.07, 6.45) is 1.22. The fourth-order valence-corrected chi connectivity index (χ4v) is 3.50. The summed E-state index contributed by atoms with van der Waals surface area (Å²) in [5.41, 5.74) is 6.51. The minimum atomic E-state index is -0.601. The molecule has 0 saturated carbocycles. The second kappa shape index (κ2) is 7.26. The van der Waals surface area contributed by atoms with Gasteiger partial charge >= 0.3 is 0 Å². The minimum Gasteiger partial charge on any atom is -0.338 e. The van der Waals surface area contributed by atoms with Gasteiger partial charge in [0.2, 0.25) is 5.91 Å². The Morgan fingerprint density at radius 2 is 2.28 bits per heavy atom. The number of carbonyl (C=O) groups excluding carboxylic acids is 1. The normalized spacial score (nSPS) is 21.5. The second-order valence-corrected chi connectivity index (χ2v) is 6.70. The molecule has 2 N–H and O–H groups in total. The van der Waals surface area contributed by atoms with Crippen LogP contribution in [0, 0.1) is 18.7 Å². The van der Waals surface area contributed by atoms with Crippen LogP contribution >= 0.6 is 0 Å². The maximum atomic E-state index is 13.5. The lowest BCUT2D eigenvalue weighted by molar-refractivity contribution is -0.135. The molecule has 0 aliphatic carbocycles. The van der Waals surface area contributed by atoms with Crippen LogP contribution in [0.1, 0.15) is 30.8 Å². The van der Waals surface area contributed by atoms with Gasteiger partial charge in [0, 0.05) is 19.0 Å². The number of amides is 1. The molecule has 1 amide bonds. The average molecular weight is 346 g/mol. The van der Waals surface area contributed by atoms with Gasteiger partial charge in [-0.15, -0.1) is 5.10 Å². The molecule has 1 aromatic carbocycles. The lowest BCUT2D eigenvalue weighted by atomic mass is 10.0. The zero-order valence-corrected chi connectivity index (χ0v) is 14.5. The number of hydrogen-bond donors (Lipinski definition) is 1. The highest BCUT2D eigenvalue weighted by molar-refractivity contribution is 5.81. The molecule has 7 nitrogen and oxygen atoms in total. The van der Waals surface area contributed by atoms with Crippen LogP contribution in [0.3, 0.4) is 0 Å². The SMILES string of the molecule is Cc1nnnn1C(Cc1cccc(F)c1)C(=O)N1CC(CN)CC1C. The Hall–Kier alpha value is -2.35. The summed E-state index contributed by atoms with van der Waals surface area (Å²) < 4.78 is 15.1. The number of likely N-dealkylation sites (tertiary alicyclic amines) is 1. The lowest BCUT2D eigenvalue weighted by Crippen LogP contribution is -2.41. The third-order valence-corrected chi connectivity index (χ3v) is 4.83. The van der Waals surface area contributed by atoms with Crippen molar-refractivity contribution in [3.8, 4) is 0 Å². The first-order chi connectivity index (χ1) is 12.0. The van der Waals surface area contributed by atoms with E-state index in [9.17, 15) is 9.18 Å². The monoisotopic (exact) mass is 346 g/mol. The van der Waals surface area contributed by atoms with Crippen LogP contribution in [-0.4, -0.2) is 50.1 Å². The number of halogens is 1. The zero-order chi connectivity index (χ0) is 18.0. The maximum Gasteiger partial charge on any atom is 0.248 e. The van der Waals surface area contributed by atoms with Crippen molar-refractivity contribution in [2.45, 2.75) is 38.8 Å². The van der Waals surface area contributed by atoms with Crippen molar-refractivity contribution in [1.82, 2.24) is 25.1 Å². The molecule has 1 aliphatic heterocycles. The Morgan fingerprint density at radius 3 is 2.88 bits per heavy atom. The predicted molar refractivity (Wildman–Crippen MR) is 90.0 cm³/mol. The number of rotatable bonds is 5. The van der Waals surface area contributed by atoms with Crippen molar-refractivity contribution < 1.29 is 9.18 Å². The van der Waals surface area contributed by atoms with Gasteiger partial charge in [0.15, 0.2) is 0 Å². The van der Waals surface area contributed by atoms with Crippen molar-refractivity contribution >= 4 is 5.91 Å². The molecule has 3 rings (SSSR count). The number of tetrazole rings is 1. The predicted octanol–water partition coefficient (Wildman–Crippen LogP) is 1.10. The Labute approximate surface area is 146 Å². The molecular weight excluding hydrogens is 323 g/mol. The molecule has 0 bridgehead atoms. The van der Waals surface area contributed by atoms with E-state index in [1.807, 2.05) is 11.8 Å². The number of carbonyl (C=O) groups is 1. The van der Waals surface area contributed by atoms with E-state index < -0.39 is 6.04 Å². The van der Waals surface area contributed by atoms with Crippen LogP contribution < -0.4 is 5.73 Å². The highest BCUT2D eigenvalue weighted by Crippen LogP contribution is 2.27. The second-order valence-electron chi connectivity index (χ2n) is 6.70. The molecule has 1 aromatic heterocycles. The van der Waals surface area contributed by atoms with Crippen LogP contribution in [0.5, 0.6) is 0 Å². The quantitative estimate of drug-likeness (QED) is 0.876. The van der Waals surface area contributed by atoms with E-state index in [1.54, 1.807) is 19.1 Å². The average Bonchev–Trinajstić information content (AvgIpc) is 3.17. The van der Waals surface area contributed by atoms with Gasteiger partial charge in [0.1, 0.15) is 17.7 Å². The number of nitrogens with two attached hydrogens (primary N) is 1. The fraction of sp³-hybridized carbons (Fsp3) is 0.529. The summed E-state index contributed by atoms with van der Waals surface area (Å²) in [6, 6.07) is 5.79. The standard InChI is InChI=1S/C17H23FN6O/c1-11-6-14(9-19)10-23(11)17(25)16(24-12(2)20-21-22-24)8-13-4-3-5-15(18)7-13/h3-5,7,11,14,16H,6,8-10,19H2,1-2H3. The molecule has 1 aliphatic rings. The summed E-state index contributed by atoms with van der Waals surface area (Å²) >= 11 is 0. The van der Waals surface area contributed by atoms with Crippen LogP contribution in [0.4, 0.5) is 4.39 Å². The van der Waals surface area contributed by atoms with Gasteiger partial charge < -0.3 is 10.6 Å². The minimum absolute atomic E-state index is 0.0527. The molecule has 134 valence electrons. The van der Waals surface area contributed by atoms with Gasteiger partial charge in [-0.2, -0.15) is 0 Å². The zero-order valence-electron chi connectivity index (χ0n) is 14.5. The largest absolute Gasteiger partial charge is 0.338 e. The van der Waals surface area contributed by atoms with Gasteiger partial charge in [-0.1, -0.05) is 12.1 Å². The Kier molecular flexibility index (Phi) is 5.08. The summed E-state index contributed by atoms with van der Waals surface area (Å²) in [5, 5.41) is 11.5. The molecule has 1 saturated heterocycles. The summed E-state index contributed by atoms with van der Waals surface area (Å²) in [4.78, 5) is 15.1. The molecule has 0 spiro atoms. The molecule has 3 unspecified atom stereocenters. The maximum absolute atomic E-state index is 13.5. The van der Waals surface area contributed by atoms with Crippen LogP contribution in [0.2, 0.25) is 0 Å². The van der Waals surface area contributed by atoms with E-state index in [2.05, 4.69) is 15.5 Å². The number of hydrogen-bond acceptors (Lipinski definition) is 5. The van der Waals surface area contributed by atoms with Crippen molar-refractivity contribution in [3.63, 3.8) is 0 Å². The number of benzene rings is 1. The first-order valence-electron chi connectivity index (χ1n) is 8.49. The third-order valence-electron chi connectivity index (χ3n) is 4.83. The molecular formula is C17H23FN6O. The number of nitrogens with zero attached hydrogens (tertiary/aromatic N) is 5. The Balaban J connectivity index is 1.89. The van der Waals surface area contributed by atoms with E-state index in [0.717, 1.165) is 12.0 Å². The number of aryl methyl sites for hydroxylation is 1. The molecule has 2 aromatic rings. The molecule has 0 radical (unpaired) electrons. The van der Waals surface area contributed by atoms with E-state index >= 15 is 0 Å². The van der Waals surface area contributed by atoms with Crippen LogP contribution in [-0.2, 0) is 11.2 Å². The van der Waals surface area contributed by atoms with Gasteiger partial charge in [-0.25, -0.2) is 9.07 Å².